The third kappa shape index (κ3) is 4.06. The lowest BCUT2D eigenvalue weighted by Crippen LogP contribution is -2.16. The van der Waals surface area contributed by atoms with Gasteiger partial charge in [0.15, 0.2) is 6.10 Å². The quantitative estimate of drug-likeness (QED) is 0.507. The van der Waals surface area contributed by atoms with E-state index in [0.29, 0.717) is 18.0 Å². The maximum atomic E-state index is 10.8. The van der Waals surface area contributed by atoms with Gasteiger partial charge in [0.25, 0.3) is 0 Å². The number of hydrogen-bond acceptors (Lipinski definition) is 5. The van der Waals surface area contributed by atoms with E-state index in [1.54, 1.807) is 30.3 Å². The smallest absolute Gasteiger partial charge is 0.316 e. The van der Waals surface area contributed by atoms with Crippen LogP contribution in [0.1, 0.15) is 24.4 Å². The number of thiol groups is 1. The minimum atomic E-state index is -0.937. The molecule has 1 heterocycles. The van der Waals surface area contributed by atoms with Gasteiger partial charge in [-0.1, -0.05) is 12.1 Å². The summed E-state index contributed by atoms with van der Waals surface area (Å²) in [6, 6.07) is 12.2. The number of nitrogens with one attached hydrogen (secondary N) is 1. The summed E-state index contributed by atoms with van der Waals surface area (Å²) in [5.74, 6) is 0.556. The van der Waals surface area contributed by atoms with Crippen LogP contribution in [0.15, 0.2) is 42.5 Å². The van der Waals surface area contributed by atoms with Gasteiger partial charge in [-0.3, -0.25) is 4.79 Å². The van der Waals surface area contributed by atoms with Crippen LogP contribution >= 0.6 is 12.6 Å². The molecule has 0 aliphatic carbocycles. The summed E-state index contributed by atoms with van der Waals surface area (Å²) in [5, 5.41) is 17.7. The van der Waals surface area contributed by atoms with E-state index in [0.717, 1.165) is 16.6 Å². The molecule has 0 aliphatic rings. The SMILES string of the molecule is CC(Oc1ccc(CC(S)C(=O)O)cc1)c1nc2ccc(O)cc2[nH]1. The number of fused-ring (bicyclic) bond motifs is 1. The van der Waals surface area contributed by atoms with Gasteiger partial charge in [0.1, 0.15) is 22.6 Å². The van der Waals surface area contributed by atoms with Crippen LogP contribution in [0.4, 0.5) is 0 Å². The summed E-state index contributed by atoms with van der Waals surface area (Å²) < 4.78 is 5.88. The van der Waals surface area contributed by atoms with E-state index in [9.17, 15) is 9.90 Å². The highest BCUT2D eigenvalue weighted by Gasteiger charge is 2.14. The third-order valence-electron chi connectivity index (χ3n) is 3.82. The van der Waals surface area contributed by atoms with E-state index in [1.165, 1.54) is 0 Å². The van der Waals surface area contributed by atoms with Crippen LogP contribution in [0.2, 0.25) is 0 Å². The molecule has 0 spiro atoms. The lowest BCUT2D eigenvalue weighted by Gasteiger charge is -2.13. The first-order chi connectivity index (χ1) is 11.9. The highest BCUT2D eigenvalue weighted by molar-refractivity contribution is 7.81. The number of rotatable bonds is 6. The van der Waals surface area contributed by atoms with Crippen LogP contribution in [0.25, 0.3) is 11.0 Å². The molecule has 0 saturated carbocycles. The molecule has 2 unspecified atom stereocenters. The van der Waals surface area contributed by atoms with Gasteiger partial charge in [0, 0.05) is 6.07 Å². The molecule has 0 fully saturated rings. The Kier molecular flexibility index (Phi) is 4.85. The van der Waals surface area contributed by atoms with Crippen molar-refractivity contribution in [1.82, 2.24) is 9.97 Å². The number of nitrogens with zero attached hydrogens (tertiary/aromatic N) is 1. The van der Waals surface area contributed by atoms with E-state index >= 15 is 0 Å². The number of phenolic OH excluding ortho intramolecular Hbond substituents is 1. The molecule has 0 radical (unpaired) electrons. The number of aromatic amines is 1. The molecule has 0 amide bonds. The molecule has 6 nitrogen and oxygen atoms in total. The maximum absolute atomic E-state index is 10.8. The van der Waals surface area contributed by atoms with Crippen LogP contribution < -0.4 is 4.74 Å². The Morgan fingerprint density at radius 1 is 1.28 bits per heavy atom. The molecule has 7 heteroatoms. The number of imidazole rings is 1. The molecular formula is C18H18N2O4S. The Labute approximate surface area is 149 Å². The van der Waals surface area contributed by atoms with Crippen molar-refractivity contribution < 1.29 is 19.7 Å². The van der Waals surface area contributed by atoms with Crippen LogP contribution in [0.5, 0.6) is 11.5 Å². The van der Waals surface area contributed by atoms with Crippen LogP contribution in [-0.4, -0.2) is 31.4 Å². The Bertz CT molecular complexity index is 892. The van der Waals surface area contributed by atoms with Crippen molar-refractivity contribution in [1.29, 1.82) is 0 Å². The zero-order valence-electron chi connectivity index (χ0n) is 13.5. The number of H-pyrrole nitrogens is 1. The molecule has 0 saturated heterocycles. The van der Waals surface area contributed by atoms with Crippen molar-refractivity contribution in [2.24, 2.45) is 0 Å². The minimum absolute atomic E-state index is 0.177. The van der Waals surface area contributed by atoms with E-state index in [2.05, 4.69) is 22.6 Å². The first kappa shape index (κ1) is 17.2. The molecular weight excluding hydrogens is 340 g/mol. The minimum Gasteiger partial charge on any atom is -0.508 e. The molecule has 130 valence electrons. The average molecular weight is 358 g/mol. The number of aromatic nitrogens is 2. The second-order valence-electron chi connectivity index (χ2n) is 5.79. The number of carboxylic acids is 1. The van der Waals surface area contributed by atoms with Gasteiger partial charge < -0.3 is 19.9 Å². The number of carboxylic acid groups (broad SMARTS) is 1. The maximum Gasteiger partial charge on any atom is 0.316 e. The highest BCUT2D eigenvalue weighted by atomic mass is 32.1. The predicted molar refractivity (Wildman–Crippen MR) is 97.4 cm³/mol. The molecule has 2 aromatic carbocycles. The Morgan fingerprint density at radius 2 is 2.00 bits per heavy atom. The van der Waals surface area contributed by atoms with Gasteiger partial charge in [-0.2, -0.15) is 12.6 Å². The first-order valence-electron chi connectivity index (χ1n) is 7.77. The molecule has 2 atom stereocenters. The number of ether oxygens (including phenoxy) is 1. The second kappa shape index (κ2) is 7.06. The van der Waals surface area contributed by atoms with Gasteiger partial charge in [0.05, 0.1) is 11.0 Å². The Morgan fingerprint density at radius 3 is 2.68 bits per heavy atom. The summed E-state index contributed by atoms with van der Waals surface area (Å²) in [6.07, 6.45) is 0.0403. The Hall–Kier alpha value is -2.67. The van der Waals surface area contributed by atoms with Gasteiger partial charge in [-0.15, -0.1) is 0 Å². The number of phenols is 1. The van der Waals surface area contributed by atoms with Crippen LogP contribution in [0, 0.1) is 0 Å². The molecule has 0 bridgehead atoms. The van der Waals surface area contributed by atoms with Gasteiger partial charge in [0.2, 0.25) is 0 Å². The number of aliphatic carboxylic acids is 1. The standard InChI is InChI=1S/C18H18N2O4S/c1-10(17-19-14-7-4-12(21)9-15(14)20-17)24-13-5-2-11(3-6-13)8-16(25)18(22)23/h2-7,9-10,16,21,25H,8H2,1H3,(H,19,20)(H,22,23). The molecule has 1 aromatic heterocycles. The average Bonchev–Trinajstić information content (AvgIpc) is 2.99. The van der Waals surface area contributed by atoms with Crippen molar-refractivity contribution in [3.05, 3.63) is 53.9 Å². The summed E-state index contributed by atoms with van der Waals surface area (Å²) in [5.41, 5.74) is 2.38. The summed E-state index contributed by atoms with van der Waals surface area (Å²) in [4.78, 5) is 18.4. The number of benzene rings is 2. The summed E-state index contributed by atoms with van der Waals surface area (Å²) in [7, 11) is 0. The highest BCUT2D eigenvalue weighted by Crippen LogP contribution is 2.24. The molecule has 0 aliphatic heterocycles. The fraction of sp³-hybridized carbons (Fsp3) is 0.222. The fourth-order valence-corrected chi connectivity index (χ4v) is 2.70. The monoisotopic (exact) mass is 358 g/mol. The summed E-state index contributed by atoms with van der Waals surface area (Å²) >= 11 is 4.04. The van der Waals surface area contributed by atoms with Gasteiger partial charge >= 0.3 is 5.97 Å². The third-order valence-corrected chi connectivity index (χ3v) is 4.22. The fourth-order valence-electron chi connectivity index (χ4n) is 2.48. The first-order valence-corrected chi connectivity index (χ1v) is 8.29. The van der Waals surface area contributed by atoms with Crippen molar-refractivity contribution in [3.63, 3.8) is 0 Å². The van der Waals surface area contributed by atoms with E-state index < -0.39 is 11.2 Å². The van der Waals surface area contributed by atoms with E-state index in [1.807, 2.05) is 19.1 Å². The van der Waals surface area contributed by atoms with Crippen molar-refractivity contribution in [2.45, 2.75) is 24.7 Å². The van der Waals surface area contributed by atoms with Crippen LogP contribution in [-0.2, 0) is 11.2 Å². The summed E-state index contributed by atoms with van der Waals surface area (Å²) in [6.45, 7) is 1.87. The zero-order valence-corrected chi connectivity index (χ0v) is 14.4. The number of hydrogen-bond donors (Lipinski definition) is 4. The van der Waals surface area contributed by atoms with Gasteiger partial charge in [-0.25, -0.2) is 4.98 Å². The molecule has 3 aromatic rings. The topological polar surface area (TPSA) is 95.4 Å². The normalized spacial score (nSPS) is 13.5. The van der Waals surface area contributed by atoms with E-state index in [-0.39, 0.29) is 11.9 Å². The largest absolute Gasteiger partial charge is 0.508 e. The Balaban J connectivity index is 1.69. The number of aromatic hydroxyl groups is 1. The van der Waals surface area contributed by atoms with E-state index in [4.69, 9.17) is 9.84 Å². The molecule has 3 rings (SSSR count). The lowest BCUT2D eigenvalue weighted by molar-refractivity contribution is -0.136. The predicted octanol–water partition coefficient (Wildman–Crippen LogP) is 3.33. The zero-order chi connectivity index (χ0) is 18.0. The van der Waals surface area contributed by atoms with Crippen molar-refractivity contribution in [2.75, 3.05) is 0 Å². The van der Waals surface area contributed by atoms with Gasteiger partial charge in [-0.05, 0) is 43.2 Å². The number of carbonyl (C=O) groups is 1. The lowest BCUT2D eigenvalue weighted by atomic mass is 10.1. The molecule has 3 N–H and O–H groups in total. The second-order valence-corrected chi connectivity index (χ2v) is 6.41. The van der Waals surface area contributed by atoms with Crippen molar-refractivity contribution in [3.8, 4) is 11.5 Å². The van der Waals surface area contributed by atoms with Crippen molar-refractivity contribution >= 4 is 29.6 Å². The molecule has 25 heavy (non-hydrogen) atoms. The van der Waals surface area contributed by atoms with Crippen LogP contribution in [0.3, 0.4) is 0 Å².